The number of rotatable bonds is 10. The predicted molar refractivity (Wildman–Crippen MR) is 126 cm³/mol. The average molecular weight is 453 g/mol. The Morgan fingerprint density at radius 3 is 2.13 bits per heavy atom. The Kier molecular flexibility index (Phi) is 9.12. The average Bonchev–Trinajstić information content (AvgIpc) is 3.37. The highest BCUT2D eigenvalue weighted by molar-refractivity contribution is 6.77. The first-order valence-electron chi connectivity index (χ1n) is 12.1. The molecule has 2 rings (SSSR count). The Balaban J connectivity index is 2.07. The van der Waals surface area contributed by atoms with E-state index in [9.17, 15) is 9.59 Å². The molecule has 0 aromatic heterocycles. The van der Waals surface area contributed by atoms with Gasteiger partial charge < -0.3 is 13.9 Å². The zero-order valence-corrected chi connectivity index (χ0v) is 22.1. The molecule has 0 aromatic carbocycles. The summed E-state index contributed by atoms with van der Waals surface area (Å²) >= 11 is 0. The maximum Gasteiger partial charge on any atom is 0.307 e. The molecule has 0 aromatic rings. The number of Topliss-reactive ketones (excluding diaryl/α,β-unsaturated/α-hetero) is 1. The molecule has 0 radical (unpaired) electrons. The fraction of sp³-hybridized carbons (Fsp3) is 0.840. The van der Waals surface area contributed by atoms with Gasteiger partial charge >= 0.3 is 5.97 Å². The SMILES string of the molecule is CC(=O)O/C(=C/[C@@H]1CC(=O)[C@@H](C)[C@H](CCO[Si](C(C)C)(C(C)C)C(C)C)O1)[C@H]1C[C@@H]1C. The second-order valence-corrected chi connectivity index (χ2v) is 16.1. The van der Waals surface area contributed by atoms with Gasteiger partial charge in [0.1, 0.15) is 11.5 Å². The van der Waals surface area contributed by atoms with Gasteiger partial charge in [0.05, 0.1) is 12.2 Å². The Hall–Kier alpha value is -0.983. The minimum atomic E-state index is -1.94. The summed E-state index contributed by atoms with van der Waals surface area (Å²) in [6.45, 7) is 19.8. The fourth-order valence-electron chi connectivity index (χ4n) is 5.55. The molecule has 5 atom stereocenters. The van der Waals surface area contributed by atoms with Crippen molar-refractivity contribution in [2.45, 2.75) is 110 Å². The topological polar surface area (TPSA) is 61.8 Å². The molecule has 1 heterocycles. The zero-order chi connectivity index (χ0) is 23.5. The van der Waals surface area contributed by atoms with E-state index >= 15 is 0 Å². The highest BCUT2D eigenvalue weighted by Gasteiger charge is 2.45. The largest absolute Gasteiger partial charge is 0.431 e. The summed E-state index contributed by atoms with van der Waals surface area (Å²) in [5, 5.41) is 0. The summed E-state index contributed by atoms with van der Waals surface area (Å²) in [4.78, 5) is 24.2. The van der Waals surface area contributed by atoms with E-state index in [1.165, 1.54) is 6.92 Å². The van der Waals surface area contributed by atoms with Crippen LogP contribution in [0.25, 0.3) is 0 Å². The smallest absolute Gasteiger partial charge is 0.307 e. The lowest BCUT2D eigenvalue weighted by Crippen LogP contribution is -2.48. The third kappa shape index (κ3) is 6.29. The maximum atomic E-state index is 12.7. The van der Waals surface area contributed by atoms with Crippen molar-refractivity contribution < 1.29 is 23.5 Å². The first-order chi connectivity index (χ1) is 14.4. The summed E-state index contributed by atoms with van der Waals surface area (Å²) in [5.74, 6) is 1.20. The first kappa shape index (κ1) is 26.3. The van der Waals surface area contributed by atoms with Gasteiger partial charge in [-0.15, -0.1) is 0 Å². The molecule has 1 saturated carbocycles. The van der Waals surface area contributed by atoms with Crippen LogP contribution >= 0.6 is 0 Å². The number of hydrogen-bond acceptors (Lipinski definition) is 5. The van der Waals surface area contributed by atoms with E-state index in [2.05, 4.69) is 48.5 Å². The summed E-state index contributed by atoms with van der Waals surface area (Å²) in [5.41, 5.74) is 1.59. The molecule has 0 N–H and O–H groups in total. The van der Waals surface area contributed by atoms with Crippen LogP contribution in [0.15, 0.2) is 11.8 Å². The van der Waals surface area contributed by atoms with Crippen LogP contribution in [-0.2, 0) is 23.5 Å². The van der Waals surface area contributed by atoms with Crippen LogP contribution in [-0.4, -0.2) is 38.9 Å². The zero-order valence-electron chi connectivity index (χ0n) is 21.1. The molecule has 5 nitrogen and oxygen atoms in total. The molecule has 1 aliphatic carbocycles. The van der Waals surface area contributed by atoms with Crippen molar-refractivity contribution in [2.24, 2.45) is 17.8 Å². The molecule has 31 heavy (non-hydrogen) atoms. The summed E-state index contributed by atoms with van der Waals surface area (Å²) in [6.07, 6.45) is 3.44. The molecule has 0 bridgehead atoms. The van der Waals surface area contributed by atoms with Crippen molar-refractivity contribution >= 4 is 20.1 Å². The Labute approximate surface area is 190 Å². The molecule has 2 fully saturated rings. The van der Waals surface area contributed by atoms with Crippen molar-refractivity contribution in [1.82, 2.24) is 0 Å². The lowest BCUT2D eigenvalue weighted by Gasteiger charge is -2.43. The molecule has 178 valence electrons. The highest BCUT2D eigenvalue weighted by atomic mass is 28.4. The molecule has 1 aliphatic heterocycles. The van der Waals surface area contributed by atoms with Crippen molar-refractivity contribution in [1.29, 1.82) is 0 Å². The lowest BCUT2D eigenvalue weighted by atomic mass is 9.90. The summed E-state index contributed by atoms with van der Waals surface area (Å²) in [6, 6.07) is 0. The lowest BCUT2D eigenvalue weighted by molar-refractivity contribution is -0.142. The van der Waals surface area contributed by atoms with Crippen molar-refractivity contribution in [3.63, 3.8) is 0 Å². The van der Waals surface area contributed by atoms with E-state index in [-0.39, 0.29) is 35.8 Å². The predicted octanol–water partition coefficient (Wildman–Crippen LogP) is 6.03. The monoisotopic (exact) mass is 452 g/mol. The molecule has 0 unspecified atom stereocenters. The van der Waals surface area contributed by atoms with E-state index < -0.39 is 8.32 Å². The van der Waals surface area contributed by atoms with E-state index in [0.29, 0.717) is 47.7 Å². The van der Waals surface area contributed by atoms with Gasteiger partial charge in [0.25, 0.3) is 0 Å². The van der Waals surface area contributed by atoms with Gasteiger partial charge in [-0.25, -0.2) is 0 Å². The third-order valence-electron chi connectivity index (χ3n) is 7.37. The van der Waals surface area contributed by atoms with Crippen molar-refractivity contribution in [3.8, 4) is 0 Å². The Morgan fingerprint density at radius 2 is 1.68 bits per heavy atom. The van der Waals surface area contributed by atoms with Crippen LogP contribution in [0.1, 0.15) is 81.6 Å². The van der Waals surface area contributed by atoms with Gasteiger partial charge in [-0.05, 0) is 41.5 Å². The number of carbonyl (C=O) groups excluding carboxylic acids is 2. The number of ether oxygens (including phenoxy) is 2. The van der Waals surface area contributed by atoms with Gasteiger partial charge in [-0.1, -0.05) is 55.4 Å². The molecule has 2 aliphatic rings. The first-order valence-corrected chi connectivity index (χ1v) is 14.3. The second kappa shape index (κ2) is 10.8. The summed E-state index contributed by atoms with van der Waals surface area (Å²) in [7, 11) is -1.94. The van der Waals surface area contributed by atoms with Crippen LogP contribution in [0.3, 0.4) is 0 Å². The molecular formula is C25H44O5Si. The molecule has 0 amide bonds. The number of esters is 1. The van der Waals surface area contributed by atoms with E-state index in [1.54, 1.807) is 0 Å². The quantitative estimate of drug-likeness (QED) is 0.230. The Bertz CT molecular complexity index is 647. The van der Waals surface area contributed by atoms with Crippen LogP contribution in [0.2, 0.25) is 16.6 Å². The molecule has 1 saturated heterocycles. The van der Waals surface area contributed by atoms with Gasteiger partial charge in [-0.3, -0.25) is 9.59 Å². The van der Waals surface area contributed by atoms with Crippen molar-refractivity contribution in [3.05, 3.63) is 11.8 Å². The van der Waals surface area contributed by atoms with Crippen LogP contribution in [0, 0.1) is 17.8 Å². The Morgan fingerprint density at radius 1 is 1.13 bits per heavy atom. The van der Waals surface area contributed by atoms with Crippen LogP contribution in [0.5, 0.6) is 0 Å². The van der Waals surface area contributed by atoms with Crippen LogP contribution < -0.4 is 0 Å². The number of hydrogen-bond donors (Lipinski definition) is 0. The second-order valence-electron chi connectivity index (χ2n) is 10.6. The number of ketones is 1. The normalized spacial score (nSPS) is 29.7. The highest BCUT2D eigenvalue weighted by Crippen LogP contribution is 2.45. The van der Waals surface area contributed by atoms with Gasteiger partial charge in [0.15, 0.2) is 8.32 Å². The number of allylic oxidation sites excluding steroid dienone is 1. The van der Waals surface area contributed by atoms with E-state index in [4.69, 9.17) is 13.9 Å². The molecule has 0 spiro atoms. The fourth-order valence-corrected chi connectivity index (χ4v) is 11.0. The minimum absolute atomic E-state index is 0.140. The molecule has 6 heteroatoms. The van der Waals surface area contributed by atoms with Gasteiger partial charge in [-0.2, -0.15) is 0 Å². The number of carbonyl (C=O) groups is 2. The van der Waals surface area contributed by atoms with Crippen molar-refractivity contribution in [2.75, 3.05) is 6.61 Å². The maximum absolute atomic E-state index is 12.7. The van der Waals surface area contributed by atoms with Crippen LogP contribution in [0.4, 0.5) is 0 Å². The van der Waals surface area contributed by atoms with Gasteiger partial charge in [0, 0.05) is 31.8 Å². The van der Waals surface area contributed by atoms with E-state index in [0.717, 1.165) is 6.42 Å². The summed E-state index contributed by atoms with van der Waals surface area (Å²) < 4.78 is 18.5. The van der Waals surface area contributed by atoms with E-state index in [1.807, 2.05) is 13.0 Å². The minimum Gasteiger partial charge on any atom is -0.431 e. The standard InChI is InChI=1S/C25H44O5Si/c1-15(2)31(16(3)4,17(5)6)28-11-10-24-19(8)23(27)13-21(30-24)14-25(29-20(9)26)22-12-18(22)7/h14-19,21-22,24H,10-13H2,1-9H3/b25-14+/t18-,19+,21-,22-,24-/m0/s1. The third-order valence-corrected chi connectivity index (χ3v) is 13.5. The van der Waals surface area contributed by atoms with Gasteiger partial charge in [0.2, 0.25) is 0 Å². The molecular weight excluding hydrogens is 408 g/mol.